The lowest BCUT2D eigenvalue weighted by molar-refractivity contribution is 0.0524. The molecule has 1 aromatic heterocycles. The molecule has 8 heteroatoms. The van der Waals surface area contributed by atoms with E-state index in [1.54, 1.807) is 35.8 Å². The van der Waals surface area contributed by atoms with Crippen LogP contribution in [0.25, 0.3) is 10.9 Å². The number of nitrogens with zero attached hydrogens (tertiary/aromatic N) is 1. The number of pyridine rings is 1. The zero-order chi connectivity index (χ0) is 25.4. The van der Waals surface area contributed by atoms with E-state index >= 15 is 0 Å². The average Bonchev–Trinajstić information content (AvgIpc) is 2.78. The van der Waals surface area contributed by atoms with Crippen molar-refractivity contribution in [3.05, 3.63) is 74.3 Å². The molecule has 0 amide bonds. The largest absolute Gasteiger partial charge is 0.496 e. The van der Waals surface area contributed by atoms with Crippen molar-refractivity contribution >= 4 is 28.5 Å². The van der Waals surface area contributed by atoms with E-state index in [4.69, 9.17) is 21.1 Å². The van der Waals surface area contributed by atoms with Crippen molar-refractivity contribution in [1.82, 2.24) is 4.57 Å². The first-order valence-electron chi connectivity index (χ1n) is 11.1. The summed E-state index contributed by atoms with van der Waals surface area (Å²) < 4.78 is 26.4. The van der Waals surface area contributed by atoms with Gasteiger partial charge in [0.15, 0.2) is 0 Å². The van der Waals surface area contributed by atoms with Crippen LogP contribution in [0, 0.1) is 11.7 Å². The first kappa shape index (κ1) is 27.3. The number of aliphatic hydroxyl groups is 1. The first-order valence-corrected chi connectivity index (χ1v) is 11.5. The number of esters is 1. The van der Waals surface area contributed by atoms with E-state index in [-0.39, 0.29) is 42.2 Å². The van der Waals surface area contributed by atoms with Gasteiger partial charge in [-0.3, -0.25) is 4.79 Å². The molecular weight excluding hydrogens is 461 g/mol. The number of ether oxygens (including phenoxy) is 2. The monoisotopic (exact) mass is 491 g/mol. The second kappa shape index (κ2) is 12.5. The zero-order valence-corrected chi connectivity index (χ0v) is 20.9. The second-order valence-electron chi connectivity index (χ2n) is 8.31. The third kappa shape index (κ3) is 6.58. The van der Waals surface area contributed by atoms with Crippen molar-refractivity contribution in [3.63, 3.8) is 0 Å². The standard InChI is InChI=1S/C22H21ClFNO5.C4H10/c1-3-30-22(28)16-12-25(7-8-26)18-11-19(29-2)14(10-15(18)21(16)27)9-13-5-4-6-17(23)20(13)24;1-4(2)3/h4-6,10-12,26H,3,7-9H2,1-2H3;4H,1-3H3. The Hall–Kier alpha value is -2.90. The molecule has 0 unspecified atom stereocenters. The lowest BCUT2D eigenvalue weighted by Crippen LogP contribution is -2.22. The Morgan fingerprint density at radius 2 is 1.88 bits per heavy atom. The van der Waals surface area contributed by atoms with Crippen LogP contribution < -0.4 is 10.2 Å². The van der Waals surface area contributed by atoms with Crippen LogP contribution >= 0.6 is 11.6 Å². The molecule has 0 radical (unpaired) electrons. The predicted molar refractivity (Wildman–Crippen MR) is 133 cm³/mol. The Kier molecular flexibility index (Phi) is 10.1. The maximum Gasteiger partial charge on any atom is 0.343 e. The molecule has 184 valence electrons. The Morgan fingerprint density at radius 1 is 1.21 bits per heavy atom. The summed E-state index contributed by atoms with van der Waals surface area (Å²) in [5.74, 6) is -0.00882. The van der Waals surface area contributed by atoms with E-state index in [0.717, 1.165) is 5.92 Å². The van der Waals surface area contributed by atoms with E-state index in [1.807, 2.05) is 0 Å². The van der Waals surface area contributed by atoms with E-state index in [2.05, 4.69) is 20.8 Å². The molecule has 34 heavy (non-hydrogen) atoms. The summed E-state index contributed by atoms with van der Waals surface area (Å²) in [7, 11) is 1.47. The van der Waals surface area contributed by atoms with Crippen LogP contribution in [0.3, 0.4) is 0 Å². The maximum atomic E-state index is 14.4. The number of benzene rings is 2. The van der Waals surface area contributed by atoms with Gasteiger partial charge in [-0.1, -0.05) is 44.5 Å². The van der Waals surface area contributed by atoms with Crippen LogP contribution in [0.5, 0.6) is 5.75 Å². The molecule has 0 aliphatic rings. The number of carbonyl (C=O) groups excluding carboxylic acids is 1. The fraction of sp³-hybridized carbons (Fsp3) is 0.385. The molecule has 0 atom stereocenters. The van der Waals surface area contributed by atoms with Crippen molar-refractivity contribution in [1.29, 1.82) is 0 Å². The van der Waals surface area contributed by atoms with Crippen molar-refractivity contribution in [2.45, 2.75) is 40.7 Å². The summed E-state index contributed by atoms with van der Waals surface area (Å²) in [6.07, 6.45) is 1.50. The Bertz CT molecular complexity index is 1200. The highest BCUT2D eigenvalue weighted by Crippen LogP contribution is 2.29. The highest BCUT2D eigenvalue weighted by atomic mass is 35.5. The summed E-state index contributed by atoms with van der Waals surface area (Å²) in [5.41, 5.74) is 0.738. The third-order valence-corrected chi connectivity index (χ3v) is 5.02. The number of halogens is 2. The van der Waals surface area contributed by atoms with Gasteiger partial charge >= 0.3 is 5.97 Å². The smallest absolute Gasteiger partial charge is 0.343 e. The molecule has 0 aliphatic carbocycles. The molecular formula is C26H31ClFNO5. The minimum absolute atomic E-state index is 0.00200. The van der Waals surface area contributed by atoms with E-state index in [1.165, 1.54) is 19.4 Å². The van der Waals surface area contributed by atoms with Crippen molar-refractivity contribution in [3.8, 4) is 5.75 Å². The molecule has 1 heterocycles. The summed E-state index contributed by atoms with van der Waals surface area (Å²) in [6.45, 7) is 8.23. The highest BCUT2D eigenvalue weighted by Gasteiger charge is 2.19. The molecule has 3 aromatic rings. The number of fused-ring (bicyclic) bond motifs is 1. The number of rotatable bonds is 7. The first-order chi connectivity index (χ1) is 16.1. The summed E-state index contributed by atoms with van der Waals surface area (Å²) in [6, 6.07) is 7.91. The van der Waals surface area contributed by atoms with Gasteiger partial charge in [0.1, 0.15) is 17.1 Å². The summed E-state index contributed by atoms with van der Waals surface area (Å²) >= 11 is 5.88. The molecule has 3 rings (SSSR count). The molecule has 1 N–H and O–H groups in total. The second-order valence-corrected chi connectivity index (χ2v) is 8.72. The van der Waals surface area contributed by atoms with Gasteiger partial charge in [-0.05, 0) is 36.1 Å². The van der Waals surface area contributed by atoms with Gasteiger partial charge in [-0.2, -0.15) is 0 Å². The Morgan fingerprint density at radius 3 is 2.47 bits per heavy atom. The van der Waals surface area contributed by atoms with E-state index in [0.29, 0.717) is 22.4 Å². The van der Waals surface area contributed by atoms with E-state index in [9.17, 15) is 19.1 Å². The van der Waals surface area contributed by atoms with Gasteiger partial charge in [0.25, 0.3) is 0 Å². The third-order valence-electron chi connectivity index (χ3n) is 4.73. The van der Waals surface area contributed by atoms with Crippen LogP contribution in [0.1, 0.15) is 49.2 Å². The van der Waals surface area contributed by atoms with Crippen LogP contribution in [0.15, 0.2) is 41.3 Å². The molecule has 6 nitrogen and oxygen atoms in total. The zero-order valence-electron chi connectivity index (χ0n) is 20.2. The molecule has 0 saturated heterocycles. The van der Waals surface area contributed by atoms with Crippen LogP contribution in [-0.2, 0) is 17.7 Å². The fourth-order valence-corrected chi connectivity index (χ4v) is 3.52. The van der Waals surface area contributed by atoms with Crippen LogP contribution in [-0.4, -0.2) is 36.0 Å². The molecule has 0 spiro atoms. The van der Waals surface area contributed by atoms with Crippen molar-refractivity contribution < 1.29 is 23.8 Å². The lowest BCUT2D eigenvalue weighted by Gasteiger charge is -2.16. The number of methoxy groups -OCH3 is 1. The van der Waals surface area contributed by atoms with Gasteiger partial charge in [0, 0.05) is 30.6 Å². The number of aliphatic hydroxyl groups excluding tert-OH is 1. The Balaban J connectivity index is 0.000000945. The Labute approximate surface area is 203 Å². The topological polar surface area (TPSA) is 77.8 Å². The fourth-order valence-electron chi connectivity index (χ4n) is 3.33. The average molecular weight is 492 g/mol. The minimum Gasteiger partial charge on any atom is -0.496 e. The number of hydrogen-bond acceptors (Lipinski definition) is 5. The van der Waals surface area contributed by atoms with Crippen molar-refractivity contribution in [2.24, 2.45) is 5.92 Å². The molecule has 2 aromatic carbocycles. The van der Waals surface area contributed by atoms with Gasteiger partial charge in [0.2, 0.25) is 5.43 Å². The summed E-state index contributed by atoms with van der Waals surface area (Å²) in [5, 5.41) is 9.66. The number of carbonyl (C=O) groups is 1. The quantitative estimate of drug-likeness (QED) is 0.458. The molecule has 0 bridgehead atoms. The normalized spacial score (nSPS) is 10.7. The lowest BCUT2D eigenvalue weighted by atomic mass is 10.00. The van der Waals surface area contributed by atoms with Crippen molar-refractivity contribution in [2.75, 3.05) is 20.3 Å². The molecule has 0 aliphatic heterocycles. The number of aromatic nitrogens is 1. The van der Waals surface area contributed by atoms with Gasteiger partial charge in [-0.15, -0.1) is 0 Å². The molecule has 0 fully saturated rings. The van der Waals surface area contributed by atoms with Crippen LogP contribution in [0.2, 0.25) is 5.02 Å². The highest BCUT2D eigenvalue weighted by molar-refractivity contribution is 6.30. The maximum absolute atomic E-state index is 14.4. The minimum atomic E-state index is -0.741. The van der Waals surface area contributed by atoms with Gasteiger partial charge in [-0.25, -0.2) is 9.18 Å². The van der Waals surface area contributed by atoms with Gasteiger partial charge in [0.05, 0.1) is 30.9 Å². The van der Waals surface area contributed by atoms with Crippen LogP contribution in [0.4, 0.5) is 4.39 Å². The predicted octanol–water partition coefficient (Wildman–Crippen LogP) is 5.22. The van der Waals surface area contributed by atoms with Gasteiger partial charge < -0.3 is 19.1 Å². The number of hydrogen-bond donors (Lipinski definition) is 1. The SMILES string of the molecule is CC(C)C.CCOC(=O)c1cn(CCO)c2cc(OC)c(Cc3cccc(Cl)c3F)cc2c1=O. The molecule has 0 saturated carbocycles. The van der Waals surface area contributed by atoms with E-state index < -0.39 is 17.2 Å². The summed E-state index contributed by atoms with van der Waals surface area (Å²) in [4.78, 5) is 25.3.